The molecule has 0 bridgehead atoms. The minimum Gasteiger partial charge on any atom is -0.331 e. The Labute approximate surface area is 131 Å². The highest BCUT2D eigenvalue weighted by Gasteiger charge is 2.25. The Morgan fingerprint density at radius 3 is 3.00 bits per heavy atom. The van der Waals surface area contributed by atoms with Gasteiger partial charge in [0.15, 0.2) is 0 Å². The number of imidazole rings is 1. The van der Waals surface area contributed by atoms with Gasteiger partial charge in [0.2, 0.25) is 0 Å². The molecule has 0 radical (unpaired) electrons. The van der Waals surface area contributed by atoms with Gasteiger partial charge in [-0.1, -0.05) is 6.07 Å². The first-order valence-electron chi connectivity index (χ1n) is 7.40. The zero-order valence-corrected chi connectivity index (χ0v) is 12.6. The summed E-state index contributed by atoms with van der Waals surface area (Å²) in [6, 6.07) is 5.46. The first kappa shape index (κ1) is 13.7. The van der Waals surface area contributed by atoms with Gasteiger partial charge in [-0.05, 0) is 18.6 Å². The number of aromatic nitrogens is 4. The van der Waals surface area contributed by atoms with Gasteiger partial charge >= 0.3 is 0 Å². The molecule has 3 aromatic heterocycles. The van der Waals surface area contributed by atoms with Gasteiger partial charge < -0.3 is 9.47 Å². The van der Waals surface area contributed by atoms with Gasteiger partial charge in [-0.15, -0.1) is 0 Å². The van der Waals surface area contributed by atoms with E-state index >= 15 is 0 Å². The Bertz CT molecular complexity index is 972. The lowest BCUT2D eigenvalue weighted by Crippen LogP contribution is -2.40. The lowest BCUT2D eigenvalue weighted by molar-refractivity contribution is 0.0723. The van der Waals surface area contributed by atoms with Crippen LogP contribution in [-0.2, 0) is 20.0 Å². The Hall–Kier alpha value is -2.96. The van der Waals surface area contributed by atoms with E-state index in [2.05, 4.69) is 9.97 Å². The molecule has 7 heteroatoms. The normalized spacial score (nSPS) is 14.0. The van der Waals surface area contributed by atoms with Crippen molar-refractivity contribution in [2.45, 2.75) is 13.0 Å². The van der Waals surface area contributed by atoms with Gasteiger partial charge in [-0.3, -0.25) is 14.0 Å². The van der Waals surface area contributed by atoms with Crippen LogP contribution in [0.3, 0.4) is 0 Å². The summed E-state index contributed by atoms with van der Waals surface area (Å²) in [4.78, 5) is 35.2. The van der Waals surface area contributed by atoms with Gasteiger partial charge in [-0.2, -0.15) is 0 Å². The number of carbonyl (C=O) groups is 1. The summed E-state index contributed by atoms with van der Waals surface area (Å²) in [6.07, 6.45) is 5.48. The molecular weight excluding hydrogens is 294 g/mol. The van der Waals surface area contributed by atoms with Crippen LogP contribution >= 0.6 is 0 Å². The van der Waals surface area contributed by atoms with Crippen molar-refractivity contribution in [3.05, 3.63) is 64.2 Å². The fraction of sp³-hybridized carbons (Fsp3) is 0.250. The van der Waals surface area contributed by atoms with Crippen LogP contribution in [0.1, 0.15) is 21.7 Å². The molecule has 0 unspecified atom stereocenters. The molecule has 0 N–H and O–H groups in total. The average Bonchev–Trinajstić information content (AvgIpc) is 3.06. The van der Waals surface area contributed by atoms with E-state index in [1.807, 2.05) is 12.1 Å². The molecule has 4 rings (SSSR count). The Balaban J connectivity index is 1.69. The van der Waals surface area contributed by atoms with E-state index in [1.165, 1.54) is 10.9 Å². The molecule has 0 fully saturated rings. The van der Waals surface area contributed by atoms with E-state index in [4.69, 9.17) is 0 Å². The topological polar surface area (TPSA) is 72.5 Å². The smallest absolute Gasteiger partial charge is 0.271 e. The molecule has 0 spiro atoms. The van der Waals surface area contributed by atoms with E-state index in [0.29, 0.717) is 36.5 Å². The third-order valence-electron chi connectivity index (χ3n) is 4.22. The van der Waals surface area contributed by atoms with Gasteiger partial charge in [0, 0.05) is 31.5 Å². The third-order valence-corrected chi connectivity index (χ3v) is 4.22. The molecule has 1 amide bonds. The van der Waals surface area contributed by atoms with E-state index in [1.54, 1.807) is 34.8 Å². The quantitative estimate of drug-likeness (QED) is 0.661. The monoisotopic (exact) mass is 309 g/mol. The Morgan fingerprint density at radius 1 is 1.26 bits per heavy atom. The standard InChI is InChI=1S/C16H15N5O2/c1-19-10-18-12-9-20(7-5-11(12)15(19)22)16(23)13-3-2-4-14-17-6-8-21(13)14/h2-4,6,8,10H,5,7,9H2,1H3. The first-order chi connectivity index (χ1) is 11.1. The lowest BCUT2D eigenvalue weighted by atomic mass is 10.1. The van der Waals surface area contributed by atoms with Crippen LogP contribution in [0.25, 0.3) is 5.65 Å². The number of carbonyl (C=O) groups excluding carboxylic acids is 1. The maximum Gasteiger partial charge on any atom is 0.271 e. The van der Waals surface area contributed by atoms with Crippen molar-refractivity contribution in [1.82, 2.24) is 23.8 Å². The zero-order chi connectivity index (χ0) is 16.0. The SMILES string of the molecule is Cn1cnc2c(c1=O)CCN(C(=O)c1cccc3nccn13)C2. The van der Waals surface area contributed by atoms with Crippen LogP contribution in [0, 0.1) is 0 Å². The highest BCUT2D eigenvalue weighted by Crippen LogP contribution is 2.17. The van der Waals surface area contributed by atoms with Gasteiger partial charge in [0.25, 0.3) is 11.5 Å². The zero-order valence-electron chi connectivity index (χ0n) is 12.6. The summed E-state index contributed by atoms with van der Waals surface area (Å²) < 4.78 is 3.25. The number of rotatable bonds is 1. The van der Waals surface area contributed by atoms with Crippen molar-refractivity contribution in [3.8, 4) is 0 Å². The van der Waals surface area contributed by atoms with Crippen molar-refractivity contribution in [2.75, 3.05) is 6.54 Å². The molecular formula is C16H15N5O2. The van der Waals surface area contributed by atoms with Crippen LogP contribution in [0.2, 0.25) is 0 Å². The molecule has 23 heavy (non-hydrogen) atoms. The van der Waals surface area contributed by atoms with Crippen LogP contribution in [0.4, 0.5) is 0 Å². The second kappa shape index (κ2) is 5.05. The van der Waals surface area contributed by atoms with E-state index in [-0.39, 0.29) is 11.5 Å². The van der Waals surface area contributed by atoms with Crippen LogP contribution in [-0.4, -0.2) is 36.3 Å². The fourth-order valence-corrected chi connectivity index (χ4v) is 2.97. The minimum atomic E-state index is -0.0817. The second-order valence-corrected chi connectivity index (χ2v) is 5.63. The fourth-order valence-electron chi connectivity index (χ4n) is 2.97. The minimum absolute atomic E-state index is 0.0289. The maximum atomic E-state index is 12.8. The Kier molecular flexibility index (Phi) is 3.00. The van der Waals surface area contributed by atoms with Crippen LogP contribution in [0.15, 0.2) is 41.7 Å². The number of aryl methyl sites for hydroxylation is 1. The van der Waals surface area contributed by atoms with Crippen molar-refractivity contribution in [1.29, 1.82) is 0 Å². The molecule has 116 valence electrons. The molecule has 7 nitrogen and oxygen atoms in total. The summed E-state index contributed by atoms with van der Waals surface area (Å²) in [5, 5.41) is 0. The summed E-state index contributed by atoms with van der Waals surface area (Å²) in [6.45, 7) is 0.868. The largest absolute Gasteiger partial charge is 0.331 e. The van der Waals surface area contributed by atoms with Gasteiger partial charge in [-0.25, -0.2) is 9.97 Å². The third kappa shape index (κ3) is 2.12. The summed E-state index contributed by atoms with van der Waals surface area (Å²) >= 11 is 0. The molecule has 0 atom stereocenters. The number of hydrogen-bond donors (Lipinski definition) is 0. The average molecular weight is 309 g/mol. The molecule has 3 aromatic rings. The first-order valence-corrected chi connectivity index (χ1v) is 7.40. The molecule has 0 saturated heterocycles. The number of fused-ring (bicyclic) bond motifs is 2. The van der Waals surface area contributed by atoms with Crippen molar-refractivity contribution in [3.63, 3.8) is 0 Å². The predicted molar refractivity (Wildman–Crippen MR) is 83.1 cm³/mol. The molecule has 0 aromatic carbocycles. The highest BCUT2D eigenvalue weighted by molar-refractivity contribution is 5.93. The molecule has 4 heterocycles. The van der Waals surface area contributed by atoms with Gasteiger partial charge in [0.05, 0.1) is 18.6 Å². The number of nitrogens with zero attached hydrogens (tertiary/aromatic N) is 5. The number of hydrogen-bond acceptors (Lipinski definition) is 4. The van der Waals surface area contributed by atoms with Crippen molar-refractivity contribution in [2.24, 2.45) is 7.05 Å². The lowest BCUT2D eigenvalue weighted by Gasteiger charge is -2.28. The van der Waals surface area contributed by atoms with Gasteiger partial charge in [0.1, 0.15) is 11.3 Å². The molecule has 0 saturated carbocycles. The van der Waals surface area contributed by atoms with Crippen molar-refractivity contribution < 1.29 is 4.79 Å². The second-order valence-electron chi connectivity index (χ2n) is 5.63. The predicted octanol–water partition coefficient (Wildman–Crippen LogP) is 0.626. The summed E-state index contributed by atoms with van der Waals surface area (Å²) in [5.74, 6) is -0.0817. The maximum absolute atomic E-state index is 12.8. The number of pyridine rings is 1. The van der Waals surface area contributed by atoms with Crippen LogP contribution in [0.5, 0.6) is 0 Å². The summed E-state index contributed by atoms with van der Waals surface area (Å²) in [7, 11) is 1.69. The van der Waals surface area contributed by atoms with E-state index < -0.39 is 0 Å². The summed E-state index contributed by atoms with van der Waals surface area (Å²) in [5.41, 5.74) is 2.66. The van der Waals surface area contributed by atoms with Crippen molar-refractivity contribution >= 4 is 11.6 Å². The van der Waals surface area contributed by atoms with E-state index in [0.717, 1.165) is 5.65 Å². The Morgan fingerprint density at radius 2 is 2.13 bits per heavy atom. The molecule has 0 aliphatic carbocycles. The van der Waals surface area contributed by atoms with E-state index in [9.17, 15) is 9.59 Å². The van der Waals surface area contributed by atoms with Crippen LogP contribution < -0.4 is 5.56 Å². The highest BCUT2D eigenvalue weighted by atomic mass is 16.2. The number of amides is 1. The molecule has 1 aliphatic heterocycles. The molecule has 1 aliphatic rings.